The van der Waals surface area contributed by atoms with E-state index in [0.29, 0.717) is 25.1 Å². The SMILES string of the molecule is CN=C(NCCCN1CCCCC1C)NCCNS(C)(=O)=O.I. The zero-order chi connectivity index (χ0) is 16.4. The van der Waals surface area contributed by atoms with Crippen molar-refractivity contribution in [2.75, 3.05) is 46.0 Å². The van der Waals surface area contributed by atoms with Gasteiger partial charge in [0.05, 0.1) is 6.26 Å². The van der Waals surface area contributed by atoms with Crippen molar-refractivity contribution >= 4 is 40.0 Å². The molecule has 0 bridgehead atoms. The van der Waals surface area contributed by atoms with Crippen LogP contribution in [0.25, 0.3) is 0 Å². The minimum atomic E-state index is -3.12. The minimum absolute atomic E-state index is 0. The molecule has 0 aromatic heterocycles. The summed E-state index contributed by atoms with van der Waals surface area (Å²) in [6, 6.07) is 0.702. The van der Waals surface area contributed by atoms with Gasteiger partial charge in [0.1, 0.15) is 0 Å². The van der Waals surface area contributed by atoms with Gasteiger partial charge in [-0.1, -0.05) is 6.42 Å². The Balaban J connectivity index is 0.00000484. The number of halogens is 1. The molecular formula is C14H32IN5O2S. The van der Waals surface area contributed by atoms with E-state index >= 15 is 0 Å². The first kappa shape index (κ1) is 22.9. The fourth-order valence-electron chi connectivity index (χ4n) is 2.62. The molecule has 1 aliphatic heterocycles. The van der Waals surface area contributed by atoms with Gasteiger partial charge < -0.3 is 15.5 Å². The van der Waals surface area contributed by atoms with Gasteiger partial charge in [0.15, 0.2) is 5.96 Å². The summed E-state index contributed by atoms with van der Waals surface area (Å²) in [5, 5.41) is 6.34. The van der Waals surface area contributed by atoms with Gasteiger partial charge in [-0.2, -0.15) is 0 Å². The lowest BCUT2D eigenvalue weighted by atomic mass is 10.0. The van der Waals surface area contributed by atoms with Gasteiger partial charge in [-0.3, -0.25) is 4.99 Å². The topological polar surface area (TPSA) is 85.8 Å². The lowest BCUT2D eigenvalue weighted by Crippen LogP contribution is -2.43. The van der Waals surface area contributed by atoms with E-state index in [1.807, 2.05) is 0 Å². The fraction of sp³-hybridized carbons (Fsp3) is 0.929. The van der Waals surface area contributed by atoms with Gasteiger partial charge in [-0.25, -0.2) is 13.1 Å². The summed E-state index contributed by atoms with van der Waals surface area (Å²) in [6.07, 6.45) is 6.21. The summed E-state index contributed by atoms with van der Waals surface area (Å²) in [4.78, 5) is 6.68. The number of aliphatic imine (C=N–C) groups is 1. The van der Waals surface area contributed by atoms with E-state index in [1.54, 1.807) is 7.05 Å². The second kappa shape index (κ2) is 12.3. The van der Waals surface area contributed by atoms with Crippen molar-refractivity contribution in [2.45, 2.75) is 38.6 Å². The van der Waals surface area contributed by atoms with Gasteiger partial charge >= 0.3 is 0 Å². The van der Waals surface area contributed by atoms with Crippen LogP contribution in [0.15, 0.2) is 4.99 Å². The molecule has 1 saturated heterocycles. The smallest absolute Gasteiger partial charge is 0.208 e. The molecule has 3 N–H and O–H groups in total. The maximum Gasteiger partial charge on any atom is 0.208 e. The third kappa shape index (κ3) is 11.1. The van der Waals surface area contributed by atoms with Crippen LogP contribution in [0.1, 0.15) is 32.6 Å². The van der Waals surface area contributed by atoms with Gasteiger partial charge in [-0.15, -0.1) is 24.0 Å². The molecule has 0 spiro atoms. The van der Waals surface area contributed by atoms with Crippen molar-refractivity contribution in [3.8, 4) is 0 Å². The van der Waals surface area contributed by atoms with E-state index in [-0.39, 0.29) is 24.0 Å². The molecule has 1 rings (SSSR count). The van der Waals surface area contributed by atoms with E-state index in [2.05, 4.69) is 32.2 Å². The molecule has 138 valence electrons. The summed E-state index contributed by atoms with van der Waals surface area (Å²) < 4.78 is 24.3. The third-order valence-electron chi connectivity index (χ3n) is 3.86. The monoisotopic (exact) mass is 461 g/mol. The summed E-state index contributed by atoms with van der Waals surface area (Å²) >= 11 is 0. The summed E-state index contributed by atoms with van der Waals surface area (Å²) in [5.74, 6) is 0.710. The van der Waals surface area contributed by atoms with Crippen LogP contribution in [0.5, 0.6) is 0 Å². The summed E-state index contributed by atoms with van der Waals surface area (Å²) in [7, 11) is -1.41. The highest BCUT2D eigenvalue weighted by atomic mass is 127. The Kier molecular flexibility index (Phi) is 12.2. The molecule has 0 amide bonds. The Morgan fingerprint density at radius 3 is 2.52 bits per heavy atom. The van der Waals surface area contributed by atoms with Crippen molar-refractivity contribution in [2.24, 2.45) is 4.99 Å². The highest BCUT2D eigenvalue weighted by molar-refractivity contribution is 14.0. The molecule has 1 unspecified atom stereocenters. The fourth-order valence-corrected chi connectivity index (χ4v) is 3.09. The average molecular weight is 461 g/mol. The van der Waals surface area contributed by atoms with Crippen LogP contribution in [-0.2, 0) is 10.0 Å². The molecule has 0 radical (unpaired) electrons. The standard InChI is InChI=1S/C14H31N5O2S.HI/c1-13-7-4-5-11-19(13)12-6-8-16-14(15-2)17-9-10-18-22(3,20)21;/h13,18H,4-12H2,1-3H3,(H2,15,16,17);1H. The van der Waals surface area contributed by atoms with Gasteiger partial charge in [-0.05, 0) is 32.7 Å². The van der Waals surface area contributed by atoms with Gasteiger partial charge in [0.25, 0.3) is 0 Å². The molecule has 1 fully saturated rings. The Bertz CT molecular complexity index is 444. The molecule has 1 aliphatic rings. The zero-order valence-corrected chi connectivity index (χ0v) is 17.6. The van der Waals surface area contributed by atoms with Crippen LogP contribution in [-0.4, -0.2) is 71.3 Å². The van der Waals surface area contributed by atoms with Crippen LogP contribution in [0, 0.1) is 0 Å². The van der Waals surface area contributed by atoms with Crippen LogP contribution in [0.4, 0.5) is 0 Å². The Labute approximate surface area is 158 Å². The maximum absolute atomic E-state index is 10.9. The van der Waals surface area contributed by atoms with Crippen molar-refractivity contribution in [3.05, 3.63) is 0 Å². The third-order valence-corrected chi connectivity index (χ3v) is 4.59. The number of nitrogens with zero attached hydrogens (tertiary/aromatic N) is 2. The first-order valence-electron chi connectivity index (χ1n) is 8.05. The number of hydrogen-bond acceptors (Lipinski definition) is 4. The van der Waals surface area contributed by atoms with E-state index in [0.717, 1.165) is 25.8 Å². The van der Waals surface area contributed by atoms with Crippen LogP contribution >= 0.6 is 24.0 Å². The molecule has 1 heterocycles. The molecule has 0 aromatic carbocycles. The predicted molar refractivity (Wildman–Crippen MR) is 107 cm³/mol. The van der Waals surface area contributed by atoms with Crippen molar-refractivity contribution in [3.63, 3.8) is 0 Å². The normalized spacial score (nSPS) is 20.0. The molecule has 1 atom stereocenters. The Morgan fingerprint density at radius 1 is 1.22 bits per heavy atom. The largest absolute Gasteiger partial charge is 0.356 e. The number of guanidine groups is 1. The minimum Gasteiger partial charge on any atom is -0.356 e. The quantitative estimate of drug-likeness (QED) is 0.213. The average Bonchev–Trinajstić information content (AvgIpc) is 2.46. The second-order valence-corrected chi connectivity index (χ2v) is 7.66. The maximum atomic E-state index is 10.9. The number of nitrogens with one attached hydrogen (secondary N) is 3. The van der Waals surface area contributed by atoms with Crippen molar-refractivity contribution < 1.29 is 8.42 Å². The van der Waals surface area contributed by atoms with E-state index in [9.17, 15) is 8.42 Å². The molecule has 23 heavy (non-hydrogen) atoms. The second-order valence-electron chi connectivity index (χ2n) is 5.83. The lowest BCUT2D eigenvalue weighted by Gasteiger charge is -2.33. The zero-order valence-electron chi connectivity index (χ0n) is 14.5. The number of sulfonamides is 1. The molecule has 0 saturated carbocycles. The number of likely N-dealkylation sites (tertiary alicyclic amines) is 1. The molecular weight excluding hydrogens is 429 g/mol. The highest BCUT2D eigenvalue weighted by Gasteiger charge is 2.16. The summed E-state index contributed by atoms with van der Waals surface area (Å²) in [6.45, 7) is 6.36. The van der Waals surface area contributed by atoms with Gasteiger partial charge in [0.2, 0.25) is 10.0 Å². The lowest BCUT2D eigenvalue weighted by molar-refractivity contribution is 0.159. The van der Waals surface area contributed by atoms with E-state index in [4.69, 9.17) is 0 Å². The van der Waals surface area contributed by atoms with Gasteiger partial charge in [0, 0.05) is 39.3 Å². The number of piperidine rings is 1. The summed E-state index contributed by atoms with van der Waals surface area (Å²) in [5.41, 5.74) is 0. The predicted octanol–water partition coefficient (Wildman–Crippen LogP) is 0.583. The van der Waals surface area contributed by atoms with Crippen molar-refractivity contribution in [1.29, 1.82) is 0 Å². The Hall–Kier alpha value is -0.130. The highest BCUT2D eigenvalue weighted by Crippen LogP contribution is 2.15. The van der Waals surface area contributed by atoms with Crippen molar-refractivity contribution in [1.82, 2.24) is 20.3 Å². The van der Waals surface area contributed by atoms with Crippen LogP contribution in [0.2, 0.25) is 0 Å². The molecule has 7 nitrogen and oxygen atoms in total. The number of hydrogen-bond donors (Lipinski definition) is 3. The van der Waals surface area contributed by atoms with Crippen LogP contribution in [0.3, 0.4) is 0 Å². The molecule has 0 aromatic rings. The molecule has 0 aliphatic carbocycles. The molecule has 9 heteroatoms. The first-order valence-corrected chi connectivity index (χ1v) is 9.94. The van der Waals surface area contributed by atoms with Crippen LogP contribution < -0.4 is 15.4 Å². The van der Waals surface area contributed by atoms with E-state index < -0.39 is 10.0 Å². The first-order chi connectivity index (χ1) is 10.4. The number of rotatable bonds is 8. The van der Waals surface area contributed by atoms with E-state index in [1.165, 1.54) is 25.8 Å². The Morgan fingerprint density at radius 2 is 1.91 bits per heavy atom.